The summed E-state index contributed by atoms with van der Waals surface area (Å²) in [5.41, 5.74) is 7.47. The third-order valence-electron chi connectivity index (χ3n) is 5.83. The zero-order valence-corrected chi connectivity index (χ0v) is 17.7. The second-order valence-corrected chi connectivity index (χ2v) is 7.60. The maximum absolute atomic E-state index is 12.2. The van der Waals surface area contributed by atoms with Gasteiger partial charge in [-0.1, -0.05) is 30.3 Å². The van der Waals surface area contributed by atoms with Crippen LogP contribution in [0.1, 0.15) is 27.3 Å². The zero-order valence-electron chi connectivity index (χ0n) is 17.7. The lowest BCUT2D eigenvalue weighted by atomic mass is 10.0. The van der Waals surface area contributed by atoms with Crippen LogP contribution in [0.3, 0.4) is 0 Å². The van der Waals surface area contributed by atoms with Crippen molar-refractivity contribution in [2.75, 3.05) is 19.1 Å². The third-order valence-corrected chi connectivity index (χ3v) is 5.83. The Labute approximate surface area is 180 Å². The molecule has 0 atom stereocenters. The number of methoxy groups -OCH3 is 1. The van der Waals surface area contributed by atoms with Gasteiger partial charge < -0.3 is 9.64 Å². The predicted octanol–water partition coefficient (Wildman–Crippen LogP) is 4.62. The number of hydrogen-bond donors (Lipinski definition) is 0. The van der Waals surface area contributed by atoms with Crippen molar-refractivity contribution in [1.29, 1.82) is 0 Å². The first-order chi connectivity index (χ1) is 15.1. The number of allylic oxidation sites excluding steroid dienone is 1. The van der Waals surface area contributed by atoms with Gasteiger partial charge in [0.05, 0.1) is 29.7 Å². The van der Waals surface area contributed by atoms with Crippen LogP contribution >= 0.6 is 0 Å². The molecular formula is C25H22N4O2. The van der Waals surface area contributed by atoms with E-state index in [0.29, 0.717) is 12.0 Å². The van der Waals surface area contributed by atoms with E-state index in [0.717, 1.165) is 44.8 Å². The largest absolute Gasteiger partial charge is 0.465 e. The molecule has 0 radical (unpaired) electrons. The van der Waals surface area contributed by atoms with Crippen LogP contribution in [0.15, 0.2) is 60.8 Å². The van der Waals surface area contributed by atoms with Gasteiger partial charge in [-0.05, 0) is 41.5 Å². The number of rotatable bonds is 4. The van der Waals surface area contributed by atoms with Gasteiger partial charge in [-0.25, -0.2) is 4.79 Å². The summed E-state index contributed by atoms with van der Waals surface area (Å²) in [6, 6.07) is 18.2. The van der Waals surface area contributed by atoms with E-state index in [9.17, 15) is 4.79 Å². The van der Waals surface area contributed by atoms with Crippen molar-refractivity contribution in [3.63, 3.8) is 0 Å². The van der Waals surface area contributed by atoms with Gasteiger partial charge in [0.15, 0.2) is 0 Å². The smallest absolute Gasteiger partial charge is 0.338 e. The van der Waals surface area contributed by atoms with Crippen LogP contribution in [-0.4, -0.2) is 34.9 Å². The molecule has 2 aromatic heterocycles. The number of anilines is 2. The first-order valence-electron chi connectivity index (χ1n) is 10.1. The standard InChI is InChI=1S/C25H22N4O2/c1-28(17-8-5-4-6-9-17)22-11-7-10-19-23(22)27-29(2)24(19)16-14-20-18(25(30)31-3)12-13-26-21(20)15-16/h4-13,15H,14H2,1-3H3. The summed E-state index contributed by atoms with van der Waals surface area (Å²) in [5, 5.41) is 5.93. The van der Waals surface area contributed by atoms with Gasteiger partial charge in [-0.15, -0.1) is 0 Å². The fourth-order valence-corrected chi connectivity index (χ4v) is 4.32. The van der Waals surface area contributed by atoms with E-state index in [2.05, 4.69) is 47.3 Å². The Morgan fingerprint density at radius 3 is 2.68 bits per heavy atom. The molecule has 2 aromatic carbocycles. The van der Waals surface area contributed by atoms with E-state index < -0.39 is 0 Å². The van der Waals surface area contributed by atoms with E-state index in [4.69, 9.17) is 9.84 Å². The Balaban J connectivity index is 1.60. The van der Waals surface area contributed by atoms with E-state index in [1.54, 1.807) is 12.3 Å². The molecule has 0 N–H and O–H groups in total. The molecule has 0 saturated carbocycles. The van der Waals surface area contributed by atoms with E-state index >= 15 is 0 Å². The number of aromatic nitrogens is 3. The van der Waals surface area contributed by atoms with Crippen molar-refractivity contribution in [2.24, 2.45) is 7.05 Å². The van der Waals surface area contributed by atoms with Crippen molar-refractivity contribution in [3.8, 4) is 0 Å². The first-order valence-corrected chi connectivity index (χ1v) is 10.1. The molecule has 0 fully saturated rings. The number of carbonyl (C=O) groups is 1. The average molecular weight is 410 g/mol. The molecule has 1 aliphatic carbocycles. The number of carbonyl (C=O) groups excluding carboxylic acids is 1. The highest BCUT2D eigenvalue weighted by Crippen LogP contribution is 2.38. The summed E-state index contributed by atoms with van der Waals surface area (Å²) >= 11 is 0. The number of fused-ring (bicyclic) bond motifs is 2. The van der Waals surface area contributed by atoms with Gasteiger partial charge >= 0.3 is 5.97 Å². The summed E-state index contributed by atoms with van der Waals surface area (Å²) in [5.74, 6) is -0.338. The van der Waals surface area contributed by atoms with Crippen molar-refractivity contribution >= 4 is 39.9 Å². The summed E-state index contributed by atoms with van der Waals surface area (Å²) < 4.78 is 6.87. The first kappa shape index (κ1) is 19.1. The van der Waals surface area contributed by atoms with Crippen molar-refractivity contribution < 1.29 is 9.53 Å². The van der Waals surface area contributed by atoms with E-state index in [1.807, 2.05) is 36.0 Å². The minimum atomic E-state index is -0.338. The van der Waals surface area contributed by atoms with Gasteiger partial charge in [0.2, 0.25) is 0 Å². The van der Waals surface area contributed by atoms with E-state index in [-0.39, 0.29) is 5.97 Å². The maximum Gasteiger partial charge on any atom is 0.338 e. The Hall–Kier alpha value is -3.93. The van der Waals surface area contributed by atoms with Gasteiger partial charge in [-0.2, -0.15) is 5.10 Å². The minimum absolute atomic E-state index is 0.338. The number of benzene rings is 2. The lowest BCUT2D eigenvalue weighted by Gasteiger charge is -2.19. The summed E-state index contributed by atoms with van der Waals surface area (Å²) in [6.45, 7) is 0. The van der Waals surface area contributed by atoms with Crippen molar-refractivity contribution in [3.05, 3.63) is 83.3 Å². The number of para-hydroxylation sites is 1. The molecule has 6 heteroatoms. The van der Waals surface area contributed by atoms with Crippen LogP contribution in [0.4, 0.5) is 11.4 Å². The predicted molar refractivity (Wildman–Crippen MR) is 122 cm³/mol. The molecule has 154 valence electrons. The number of hydrogen-bond acceptors (Lipinski definition) is 5. The van der Waals surface area contributed by atoms with Gasteiger partial charge in [0.25, 0.3) is 0 Å². The molecule has 0 spiro atoms. The molecule has 0 unspecified atom stereocenters. The molecule has 0 bridgehead atoms. The average Bonchev–Trinajstić information content (AvgIpc) is 3.38. The Bertz CT molecular complexity index is 1340. The molecule has 0 saturated heterocycles. The highest BCUT2D eigenvalue weighted by Gasteiger charge is 2.26. The van der Waals surface area contributed by atoms with Crippen LogP contribution in [0.2, 0.25) is 0 Å². The molecule has 31 heavy (non-hydrogen) atoms. The van der Waals surface area contributed by atoms with Crippen molar-refractivity contribution in [1.82, 2.24) is 14.8 Å². The molecule has 2 heterocycles. The maximum atomic E-state index is 12.2. The number of ether oxygens (including phenoxy) is 1. The van der Waals surface area contributed by atoms with E-state index in [1.165, 1.54) is 7.11 Å². The zero-order chi connectivity index (χ0) is 21.5. The molecular weight excluding hydrogens is 388 g/mol. The normalized spacial score (nSPS) is 12.5. The quantitative estimate of drug-likeness (QED) is 0.460. The lowest BCUT2D eigenvalue weighted by Crippen LogP contribution is -2.09. The van der Waals surface area contributed by atoms with Gasteiger partial charge in [0, 0.05) is 37.8 Å². The van der Waals surface area contributed by atoms with Crippen LogP contribution in [0, 0.1) is 0 Å². The number of pyridine rings is 1. The molecule has 0 amide bonds. The Morgan fingerprint density at radius 1 is 1.10 bits per heavy atom. The Kier molecular flexibility index (Phi) is 4.55. The fourth-order valence-electron chi connectivity index (χ4n) is 4.32. The van der Waals surface area contributed by atoms with Crippen LogP contribution in [0.5, 0.6) is 0 Å². The van der Waals surface area contributed by atoms with Crippen LogP contribution in [-0.2, 0) is 18.2 Å². The highest BCUT2D eigenvalue weighted by molar-refractivity contribution is 6.04. The fraction of sp³-hybridized carbons (Fsp3) is 0.160. The monoisotopic (exact) mass is 410 g/mol. The van der Waals surface area contributed by atoms with Gasteiger partial charge in [-0.3, -0.25) is 9.67 Å². The number of nitrogens with zero attached hydrogens (tertiary/aromatic N) is 4. The minimum Gasteiger partial charge on any atom is -0.465 e. The highest BCUT2D eigenvalue weighted by atomic mass is 16.5. The number of esters is 1. The summed E-state index contributed by atoms with van der Waals surface area (Å²) in [6.07, 6.45) is 4.31. The summed E-state index contributed by atoms with van der Waals surface area (Å²) in [4.78, 5) is 18.8. The molecule has 0 aliphatic heterocycles. The van der Waals surface area contributed by atoms with Crippen LogP contribution < -0.4 is 4.90 Å². The van der Waals surface area contributed by atoms with Crippen LogP contribution in [0.25, 0.3) is 22.6 Å². The SMILES string of the molecule is COC(=O)c1ccnc2c1CC(c1c3cccc(N(C)c4ccccc4)c3nn1C)=C2. The second-order valence-electron chi connectivity index (χ2n) is 7.60. The molecule has 6 nitrogen and oxygen atoms in total. The Morgan fingerprint density at radius 2 is 1.90 bits per heavy atom. The molecule has 5 rings (SSSR count). The molecule has 4 aromatic rings. The number of aryl methyl sites for hydroxylation is 1. The molecule has 1 aliphatic rings. The third kappa shape index (κ3) is 3.08. The topological polar surface area (TPSA) is 60.2 Å². The summed E-state index contributed by atoms with van der Waals surface area (Å²) in [7, 11) is 5.41. The van der Waals surface area contributed by atoms with Gasteiger partial charge in [0.1, 0.15) is 5.52 Å². The lowest BCUT2D eigenvalue weighted by molar-refractivity contribution is 0.0599. The second kappa shape index (κ2) is 7.40. The van der Waals surface area contributed by atoms with Crippen molar-refractivity contribution in [2.45, 2.75) is 6.42 Å².